The van der Waals surface area contributed by atoms with Gasteiger partial charge < -0.3 is 5.32 Å². The zero-order valence-electron chi connectivity index (χ0n) is 17.7. The number of sulfonamides is 1. The Labute approximate surface area is 182 Å². The van der Waals surface area contributed by atoms with Gasteiger partial charge in [-0.25, -0.2) is 12.8 Å². The highest BCUT2D eigenvalue weighted by atomic mass is 32.2. The van der Waals surface area contributed by atoms with Crippen molar-refractivity contribution in [2.45, 2.75) is 31.7 Å². The maximum absolute atomic E-state index is 13.3. The van der Waals surface area contributed by atoms with Gasteiger partial charge in [0, 0.05) is 0 Å². The number of nitrogens with one attached hydrogen (secondary N) is 1. The topological polar surface area (TPSA) is 66.5 Å². The van der Waals surface area contributed by atoms with Crippen molar-refractivity contribution in [3.8, 4) is 0 Å². The van der Waals surface area contributed by atoms with Crippen LogP contribution in [0.4, 0.5) is 10.1 Å². The maximum atomic E-state index is 13.3. The van der Waals surface area contributed by atoms with Gasteiger partial charge in [-0.3, -0.25) is 9.10 Å². The average Bonchev–Trinajstić information content (AvgIpc) is 2.72. The second-order valence-corrected chi connectivity index (χ2v) is 9.31. The van der Waals surface area contributed by atoms with Crippen LogP contribution in [0.2, 0.25) is 0 Å². The summed E-state index contributed by atoms with van der Waals surface area (Å²) in [6.45, 7) is 5.42. The monoisotopic (exact) mass is 440 g/mol. The van der Waals surface area contributed by atoms with Crippen molar-refractivity contribution < 1.29 is 17.6 Å². The molecule has 3 aromatic rings. The van der Waals surface area contributed by atoms with Gasteiger partial charge in [0.15, 0.2) is 0 Å². The molecule has 0 unspecified atom stereocenters. The largest absolute Gasteiger partial charge is 0.348 e. The SMILES string of the molecule is Cc1ccc([C@H](C)NC(=O)CN(c2ccccc2)S(=O)(=O)c2ccc(F)cc2)c(C)c1. The number of anilines is 1. The molecular formula is C24H25FN2O3S. The van der Waals surface area contributed by atoms with Gasteiger partial charge in [-0.1, -0.05) is 42.0 Å². The number of benzene rings is 3. The lowest BCUT2D eigenvalue weighted by molar-refractivity contribution is -0.120. The van der Waals surface area contributed by atoms with Crippen molar-refractivity contribution in [3.63, 3.8) is 0 Å². The predicted octanol–water partition coefficient (Wildman–Crippen LogP) is 4.52. The van der Waals surface area contributed by atoms with Crippen molar-refractivity contribution in [1.82, 2.24) is 5.32 Å². The number of hydrogen-bond donors (Lipinski definition) is 1. The lowest BCUT2D eigenvalue weighted by atomic mass is 10.0. The molecule has 1 N–H and O–H groups in total. The smallest absolute Gasteiger partial charge is 0.264 e. The number of amides is 1. The maximum Gasteiger partial charge on any atom is 0.264 e. The molecule has 5 nitrogen and oxygen atoms in total. The van der Waals surface area contributed by atoms with Crippen LogP contribution in [0.15, 0.2) is 77.7 Å². The van der Waals surface area contributed by atoms with E-state index in [2.05, 4.69) is 5.32 Å². The van der Waals surface area contributed by atoms with Crippen LogP contribution in [0.25, 0.3) is 0 Å². The molecule has 31 heavy (non-hydrogen) atoms. The fourth-order valence-electron chi connectivity index (χ4n) is 3.45. The first-order valence-electron chi connectivity index (χ1n) is 9.88. The van der Waals surface area contributed by atoms with Crippen LogP contribution in [0.1, 0.15) is 29.7 Å². The second kappa shape index (κ2) is 9.31. The molecule has 0 aromatic heterocycles. The van der Waals surface area contributed by atoms with E-state index in [1.807, 2.05) is 39.0 Å². The quantitative estimate of drug-likeness (QED) is 0.588. The summed E-state index contributed by atoms with van der Waals surface area (Å²) in [7, 11) is -4.07. The molecule has 0 bridgehead atoms. The van der Waals surface area contributed by atoms with Gasteiger partial charge in [0.05, 0.1) is 16.6 Å². The van der Waals surface area contributed by atoms with E-state index in [1.165, 1.54) is 12.1 Å². The third-order valence-corrected chi connectivity index (χ3v) is 6.79. The van der Waals surface area contributed by atoms with Crippen molar-refractivity contribution in [2.24, 2.45) is 0 Å². The Morgan fingerprint density at radius 3 is 2.26 bits per heavy atom. The lowest BCUT2D eigenvalue weighted by Gasteiger charge is -2.25. The van der Waals surface area contributed by atoms with E-state index in [9.17, 15) is 17.6 Å². The number of aryl methyl sites for hydroxylation is 2. The lowest BCUT2D eigenvalue weighted by Crippen LogP contribution is -2.41. The van der Waals surface area contributed by atoms with Crippen LogP contribution in [-0.4, -0.2) is 20.9 Å². The first-order valence-corrected chi connectivity index (χ1v) is 11.3. The number of hydrogen-bond acceptors (Lipinski definition) is 3. The van der Waals surface area contributed by atoms with Gasteiger partial charge in [-0.15, -0.1) is 0 Å². The highest BCUT2D eigenvalue weighted by molar-refractivity contribution is 7.92. The minimum absolute atomic E-state index is 0.0898. The molecule has 162 valence electrons. The zero-order chi connectivity index (χ0) is 22.6. The standard InChI is InChI=1S/C24H25FN2O3S/c1-17-9-14-23(18(2)15-17)19(3)26-24(28)16-27(21-7-5-4-6-8-21)31(29,30)22-12-10-20(25)11-13-22/h4-15,19H,16H2,1-3H3,(H,26,28)/t19-/m0/s1. The number of carbonyl (C=O) groups is 1. The van der Waals surface area contributed by atoms with Gasteiger partial charge >= 0.3 is 0 Å². The van der Waals surface area contributed by atoms with E-state index in [-0.39, 0.29) is 10.9 Å². The molecule has 3 rings (SSSR count). The summed E-state index contributed by atoms with van der Waals surface area (Å²) >= 11 is 0. The van der Waals surface area contributed by atoms with Crippen LogP contribution < -0.4 is 9.62 Å². The molecular weight excluding hydrogens is 415 g/mol. The van der Waals surface area contributed by atoms with Crippen molar-refractivity contribution in [2.75, 3.05) is 10.8 Å². The Morgan fingerprint density at radius 1 is 1.00 bits per heavy atom. The number of para-hydroxylation sites is 1. The summed E-state index contributed by atoms with van der Waals surface area (Å²) in [5.41, 5.74) is 3.49. The van der Waals surface area contributed by atoms with Gasteiger partial charge in [-0.2, -0.15) is 0 Å². The van der Waals surface area contributed by atoms with E-state index in [0.29, 0.717) is 5.69 Å². The number of carbonyl (C=O) groups excluding carboxylic acids is 1. The number of nitrogens with zero attached hydrogens (tertiary/aromatic N) is 1. The Morgan fingerprint density at radius 2 is 1.65 bits per heavy atom. The van der Waals surface area contributed by atoms with Crippen LogP contribution in [0.5, 0.6) is 0 Å². The van der Waals surface area contributed by atoms with E-state index in [0.717, 1.165) is 33.1 Å². The van der Waals surface area contributed by atoms with Crippen LogP contribution in [0.3, 0.4) is 0 Å². The third-order valence-electron chi connectivity index (χ3n) is 5.00. The first-order chi connectivity index (χ1) is 14.7. The molecule has 0 heterocycles. The number of rotatable bonds is 7. The van der Waals surface area contributed by atoms with E-state index in [1.54, 1.807) is 30.3 Å². The fraction of sp³-hybridized carbons (Fsp3) is 0.208. The molecule has 0 aliphatic rings. The molecule has 0 aliphatic carbocycles. The summed E-state index contributed by atoms with van der Waals surface area (Å²) in [5, 5.41) is 2.88. The summed E-state index contributed by atoms with van der Waals surface area (Å²) in [6.07, 6.45) is 0. The zero-order valence-corrected chi connectivity index (χ0v) is 18.5. The van der Waals surface area contributed by atoms with Gasteiger partial charge in [0.25, 0.3) is 10.0 Å². The van der Waals surface area contributed by atoms with Gasteiger partial charge in [-0.05, 0) is 68.3 Å². The second-order valence-electron chi connectivity index (χ2n) is 7.45. The third kappa shape index (κ3) is 5.30. The molecule has 0 saturated carbocycles. The summed E-state index contributed by atoms with van der Waals surface area (Å²) in [5.74, 6) is -0.979. The van der Waals surface area contributed by atoms with E-state index >= 15 is 0 Å². The highest BCUT2D eigenvalue weighted by Crippen LogP contribution is 2.24. The van der Waals surface area contributed by atoms with Crippen molar-refractivity contribution >= 4 is 21.6 Å². The molecule has 0 aliphatic heterocycles. The molecule has 7 heteroatoms. The number of halogens is 1. The molecule has 3 aromatic carbocycles. The van der Waals surface area contributed by atoms with Gasteiger partial charge in [0.2, 0.25) is 5.91 Å². The van der Waals surface area contributed by atoms with Crippen LogP contribution in [-0.2, 0) is 14.8 Å². The Balaban J connectivity index is 1.87. The molecule has 0 saturated heterocycles. The molecule has 0 fully saturated rings. The van der Waals surface area contributed by atoms with Crippen LogP contribution in [0, 0.1) is 19.7 Å². The summed E-state index contributed by atoms with van der Waals surface area (Å²) in [4.78, 5) is 12.8. The van der Waals surface area contributed by atoms with Crippen molar-refractivity contribution in [3.05, 3.63) is 95.3 Å². The Bertz CT molecular complexity index is 1160. The van der Waals surface area contributed by atoms with E-state index in [4.69, 9.17) is 0 Å². The van der Waals surface area contributed by atoms with Gasteiger partial charge in [0.1, 0.15) is 12.4 Å². The van der Waals surface area contributed by atoms with Crippen LogP contribution >= 0.6 is 0 Å². The Kier molecular flexibility index (Phi) is 6.75. The molecule has 0 radical (unpaired) electrons. The summed E-state index contributed by atoms with van der Waals surface area (Å²) in [6, 6.07) is 18.6. The minimum Gasteiger partial charge on any atom is -0.348 e. The molecule has 1 atom stereocenters. The average molecular weight is 441 g/mol. The highest BCUT2D eigenvalue weighted by Gasteiger charge is 2.27. The van der Waals surface area contributed by atoms with E-state index < -0.39 is 28.3 Å². The minimum atomic E-state index is -4.07. The molecule has 0 spiro atoms. The Hall–Kier alpha value is -3.19. The first kappa shape index (κ1) is 22.5. The predicted molar refractivity (Wildman–Crippen MR) is 120 cm³/mol. The molecule has 1 amide bonds. The normalized spacial score (nSPS) is 12.3. The fourth-order valence-corrected chi connectivity index (χ4v) is 4.87. The van der Waals surface area contributed by atoms with Crippen molar-refractivity contribution in [1.29, 1.82) is 0 Å². The summed E-state index contributed by atoms with van der Waals surface area (Å²) < 4.78 is 40.8.